The van der Waals surface area contributed by atoms with E-state index in [1.54, 1.807) is 12.1 Å². The predicted molar refractivity (Wildman–Crippen MR) is 84.0 cm³/mol. The number of guanidine groups is 1. The van der Waals surface area contributed by atoms with Crippen LogP contribution in [0.25, 0.3) is 0 Å². The number of aliphatic imine (C=N–C) groups is 1. The molecule has 4 heteroatoms. The molecule has 0 aliphatic carbocycles. The summed E-state index contributed by atoms with van der Waals surface area (Å²) in [7, 11) is 0. The van der Waals surface area contributed by atoms with E-state index in [0.29, 0.717) is 18.2 Å². The summed E-state index contributed by atoms with van der Waals surface area (Å²) in [6, 6.07) is 16.9. The van der Waals surface area contributed by atoms with Crippen LogP contribution in [0.2, 0.25) is 0 Å². The van der Waals surface area contributed by atoms with Crippen LogP contribution in [0.4, 0.5) is 10.1 Å². The minimum atomic E-state index is -0.275. The van der Waals surface area contributed by atoms with Gasteiger partial charge in [0, 0.05) is 5.92 Å². The standard InChI is InChI=1S/C17H18FN3/c1-12(13-7-3-2-4-8-13)16-11-20-17(19)21(16)15-10-6-5-9-14(15)18/h2-10,12,16H,11H2,1H3,(H2,19,20). The first kappa shape index (κ1) is 13.6. The van der Waals surface area contributed by atoms with Crippen LogP contribution in [-0.4, -0.2) is 18.5 Å². The van der Waals surface area contributed by atoms with Crippen molar-refractivity contribution < 1.29 is 4.39 Å². The number of nitrogens with zero attached hydrogens (tertiary/aromatic N) is 2. The van der Waals surface area contributed by atoms with Crippen LogP contribution in [-0.2, 0) is 0 Å². The molecule has 0 fully saturated rings. The molecule has 1 aliphatic heterocycles. The average Bonchev–Trinajstić information content (AvgIpc) is 2.89. The van der Waals surface area contributed by atoms with Crippen molar-refractivity contribution in [1.82, 2.24) is 0 Å². The normalized spacial score (nSPS) is 19.4. The highest BCUT2D eigenvalue weighted by Gasteiger charge is 2.33. The minimum absolute atomic E-state index is 0.0318. The third-order valence-corrected chi connectivity index (χ3v) is 4.03. The van der Waals surface area contributed by atoms with Crippen molar-refractivity contribution in [2.24, 2.45) is 10.7 Å². The Morgan fingerprint density at radius 3 is 2.52 bits per heavy atom. The molecule has 0 radical (unpaired) electrons. The molecular formula is C17H18FN3. The first-order valence-corrected chi connectivity index (χ1v) is 7.07. The maximum atomic E-state index is 14.1. The maximum Gasteiger partial charge on any atom is 0.196 e. The number of para-hydroxylation sites is 1. The first-order chi connectivity index (χ1) is 10.2. The Kier molecular flexibility index (Phi) is 3.60. The Hall–Kier alpha value is -2.36. The Labute approximate surface area is 123 Å². The molecule has 0 aromatic heterocycles. The van der Waals surface area contributed by atoms with E-state index in [0.717, 1.165) is 0 Å². The van der Waals surface area contributed by atoms with Gasteiger partial charge in [-0.05, 0) is 17.7 Å². The van der Waals surface area contributed by atoms with Gasteiger partial charge in [0.25, 0.3) is 0 Å². The van der Waals surface area contributed by atoms with Crippen LogP contribution < -0.4 is 10.6 Å². The molecule has 1 aliphatic rings. The molecule has 2 aromatic carbocycles. The summed E-state index contributed by atoms with van der Waals surface area (Å²) >= 11 is 0. The molecule has 1 heterocycles. The minimum Gasteiger partial charge on any atom is -0.370 e. The zero-order valence-electron chi connectivity index (χ0n) is 11.9. The Balaban J connectivity index is 1.95. The first-order valence-electron chi connectivity index (χ1n) is 7.07. The third kappa shape index (κ3) is 2.49. The van der Waals surface area contributed by atoms with Crippen molar-refractivity contribution in [3.63, 3.8) is 0 Å². The molecular weight excluding hydrogens is 265 g/mol. The number of nitrogens with two attached hydrogens (primary N) is 1. The zero-order valence-corrected chi connectivity index (χ0v) is 11.9. The van der Waals surface area contributed by atoms with Gasteiger partial charge >= 0.3 is 0 Å². The molecule has 2 unspecified atom stereocenters. The van der Waals surface area contributed by atoms with Crippen molar-refractivity contribution in [2.75, 3.05) is 11.4 Å². The summed E-state index contributed by atoms with van der Waals surface area (Å²) in [5, 5.41) is 0. The topological polar surface area (TPSA) is 41.6 Å². The lowest BCUT2D eigenvalue weighted by atomic mass is 9.92. The molecule has 2 atom stereocenters. The van der Waals surface area contributed by atoms with Crippen molar-refractivity contribution in [3.8, 4) is 0 Å². The molecule has 108 valence electrons. The van der Waals surface area contributed by atoms with Gasteiger partial charge in [-0.3, -0.25) is 4.99 Å². The monoisotopic (exact) mass is 283 g/mol. The average molecular weight is 283 g/mol. The maximum absolute atomic E-state index is 14.1. The lowest BCUT2D eigenvalue weighted by Crippen LogP contribution is -2.43. The van der Waals surface area contributed by atoms with E-state index in [2.05, 4.69) is 24.0 Å². The second-order valence-corrected chi connectivity index (χ2v) is 5.29. The molecule has 0 amide bonds. The second-order valence-electron chi connectivity index (χ2n) is 5.29. The van der Waals surface area contributed by atoms with Gasteiger partial charge < -0.3 is 10.6 Å². The van der Waals surface area contributed by atoms with Gasteiger partial charge in [-0.15, -0.1) is 0 Å². The van der Waals surface area contributed by atoms with Gasteiger partial charge in [-0.2, -0.15) is 0 Å². The van der Waals surface area contributed by atoms with Crippen LogP contribution in [0.15, 0.2) is 59.6 Å². The summed E-state index contributed by atoms with van der Waals surface area (Å²) < 4.78 is 14.1. The van der Waals surface area contributed by atoms with Gasteiger partial charge in [-0.1, -0.05) is 49.4 Å². The van der Waals surface area contributed by atoms with Crippen LogP contribution in [0.1, 0.15) is 18.4 Å². The smallest absolute Gasteiger partial charge is 0.196 e. The number of hydrogen-bond donors (Lipinski definition) is 1. The van der Waals surface area contributed by atoms with E-state index < -0.39 is 0 Å². The van der Waals surface area contributed by atoms with Crippen molar-refractivity contribution in [1.29, 1.82) is 0 Å². The van der Waals surface area contributed by atoms with E-state index in [1.807, 2.05) is 29.2 Å². The fraction of sp³-hybridized carbons (Fsp3) is 0.235. The predicted octanol–water partition coefficient (Wildman–Crippen LogP) is 3.13. The lowest BCUT2D eigenvalue weighted by Gasteiger charge is -2.31. The molecule has 0 saturated carbocycles. The molecule has 3 rings (SSSR count). The van der Waals surface area contributed by atoms with E-state index in [9.17, 15) is 4.39 Å². The van der Waals surface area contributed by atoms with Gasteiger partial charge in [0.15, 0.2) is 5.96 Å². The number of rotatable bonds is 3. The second kappa shape index (κ2) is 5.56. The Bertz CT molecular complexity index is 654. The van der Waals surface area contributed by atoms with E-state index >= 15 is 0 Å². The summed E-state index contributed by atoms with van der Waals surface area (Å²) in [5.41, 5.74) is 7.69. The Morgan fingerprint density at radius 2 is 1.81 bits per heavy atom. The van der Waals surface area contributed by atoms with Gasteiger partial charge in [0.05, 0.1) is 18.3 Å². The van der Waals surface area contributed by atoms with Crippen LogP contribution in [0.3, 0.4) is 0 Å². The number of halogens is 1. The van der Waals surface area contributed by atoms with Crippen LogP contribution >= 0.6 is 0 Å². The van der Waals surface area contributed by atoms with Gasteiger partial charge in [-0.25, -0.2) is 4.39 Å². The summed E-state index contributed by atoms with van der Waals surface area (Å²) in [5.74, 6) is 0.311. The number of benzene rings is 2. The molecule has 2 aromatic rings. The molecule has 0 bridgehead atoms. The van der Waals surface area contributed by atoms with Crippen molar-refractivity contribution in [2.45, 2.75) is 18.9 Å². The zero-order chi connectivity index (χ0) is 14.8. The molecule has 0 spiro atoms. The van der Waals surface area contributed by atoms with E-state index in [-0.39, 0.29) is 17.8 Å². The third-order valence-electron chi connectivity index (χ3n) is 4.03. The Morgan fingerprint density at radius 1 is 1.14 bits per heavy atom. The quantitative estimate of drug-likeness (QED) is 0.940. The largest absolute Gasteiger partial charge is 0.370 e. The highest BCUT2D eigenvalue weighted by molar-refractivity contribution is 5.97. The van der Waals surface area contributed by atoms with Crippen LogP contribution in [0.5, 0.6) is 0 Å². The molecule has 0 saturated heterocycles. The number of anilines is 1. The molecule has 3 nitrogen and oxygen atoms in total. The highest BCUT2D eigenvalue weighted by atomic mass is 19.1. The fourth-order valence-electron chi connectivity index (χ4n) is 2.82. The van der Waals surface area contributed by atoms with Gasteiger partial charge in [0.1, 0.15) is 5.82 Å². The van der Waals surface area contributed by atoms with Gasteiger partial charge in [0.2, 0.25) is 0 Å². The summed E-state index contributed by atoms with van der Waals surface area (Å²) in [4.78, 5) is 6.13. The molecule has 21 heavy (non-hydrogen) atoms. The van der Waals surface area contributed by atoms with Crippen LogP contribution in [0, 0.1) is 5.82 Å². The SMILES string of the molecule is CC(c1ccccc1)C1CN=C(N)N1c1ccccc1F. The fourth-order valence-corrected chi connectivity index (χ4v) is 2.82. The van der Waals surface area contributed by atoms with Crippen molar-refractivity contribution >= 4 is 11.6 Å². The van der Waals surface area contributed by atoms with E-state index in [1.165, 1.54) is 11.6 Å². The van der Waals surface area contributed by atoms with Crippen molar-refractivity contribution in [3.05, 3.63) is 66.0 Å². The number of hydrogen-bond acceptors (Lipinski definition) is 3. The highest BCUT2D eigenvalue weighted by Crippen LogP contribution is 2.31. The summed E-state index contributed by atoms with van der Waals surface area (Å²) in [6.07, 6.45) is 0. The summed E-state index contributed by atoms with van der Waals surface area (Å²) in [6.45, 7) is 2.71. The lowest BCUT2D eigenvalue weighted by molar-refractivity contribution is 0.575. The van der Waals surface area contributed by atoms with E-state index in [4.69, 9.17) is 5.73 Å². The molecule has 2 N–H and O–H groups in total.